The van der Waals surface area contributed by atoms with E-state index in [-0.39, 0.29) is 11.2 Å². The van der Waals surface area contributed by atoms with Gasteiger partial charge in [0, 0.05) is 30.2 Å². The molecule has 1 aromatic heterocycles. The van der Waals surface area contributed by atoms with Gasteiger partial charge in [0.25, 0.3) is 0 Å². The molecule has 1 aliphatic rings. The molecule has 0 spiro atoms. The Labute approximate surface area is 182 Å². The van der Waals surface area contributed by atoms with Crippen molar-refractivity contribution in [3.63, 3.8) is 0 Å². The van der Waals surface area contributed by atoms with Gasteiger partial charge in [-0.05, 0) is 63.4 Å². The zero-order valence-corrected chi connectivity index (χ0v) is 18.4. The van der Waals surface area contributed by atoms with E-state index < -0.39 is 0 Å². The first-order valence-electron chi connectivity index (χ1n) is 9.69. The van der Waals surface area contributed by atoms with Gasteiger partial charge in [0.2, 0.25) is 0 Å². The highest BCUT2D eigenvalue weighted by molar-refractivity contribution is 7.80. The van der Waals surface area contributed by atoms with Crippen molar-refractivity contribution >= 4 is 34.6 Å². The number of thiocarbonyl (C=S) groups is 1. The van der Waals surface area contributed by atoms with E-state index in [1.807, 2.05) is 50.5 Å². The average molecular weight is 435 g/mol. The number of hydrogen-bond donors (Lipinski definition) is 1. The molecule has 2 N–H and O–H groups in total. The number of rotatable bonds is 8. The first kappa shape index (κ1) is 21.8. The molecule has 8 heteroatoms. The Kier molecular flexibility index (Phi) is 7.66. The second kappa shape index (κ2) is 10.2. The monoisotopic (exact) mass is 434 g/mol. The van der Waals surface area contributed by atoms with Gasteiger partial charge in [-0.3, -0.25) is 0 Å². The Balaban J connectivity index is 1.87. The van der Waals surface area contributed by atoms with Crippen molar-refractivity contribution in [1.82, 2.24) is 9.91 Å². The number of furan rings is 1. The lowest BCUT2D eigenvalue weighted by Gasteiger charge is -2.22. The predicted molar refractivity (Wildman–Crippen MR) is 121 cm³/mol. The number of halogens is 1. The van der Waals surface area contributed by atoms with Crippen LogP contribution in [0, 0.1) is 0 Å². The smallest absolute Gasteiger partial charge is 0.187 e. The summed E-state index contributed by atoms with van der Waals surface area (Å²) in [6.45, 7) is 2.13. The number of benzene rings is 1. The van der Waals surface area contributed by atoms with Gasteiger partial charge in [0.05, 0.1) is 12.6 Å². The summed E-state index contributed by atoms with van der Waals surface area (Å²) in [5.74, 6) is 1.43. The van der Waals surface area contributed by atoms with Gasteiger partial charge in [-0.1, -0.05) is 23.7 Å². The molecule has 0 saturated carbocycles. The number of hydrogen-bond acceptors (Lipinski definition) is 5. The predicted octanol–water partition coefficient (Wildman–Crippen LogP) is 3.98. The molecule has 2 aromatic rings. The Morgan fingerprint density at radius 1 is 1.31 bits per heavy atom. The number of nitrogens with two attached hydrogens (primary N) is 1. The molecule has 1 aromatic carbocycles. The Morgan fingerprint density at radius 2 is 2.14 bits per heavy atom. The molecule has 0 aliphatic carbocycles. The molecule has 2 heterocycles. The quantitative estimate of drug-likeness (QED) is 0.385. The fraction of sp³-hybridized carbons (Fsp3) is 0.429. The fourth-order valence-corrected chi connectivity index (χ4v) is 3.45. The molecule has 0 bridgehead atoms. The van der Waals surface area contributed by atoms with Gasteiger partial charge in [0.1, 0.15) is 11.5 Å². The minimum absolute atomic E-state index is 0.0916. The number of hydrazone groups is 1. The van der Waals surface area contributed by atoms with Gasteiger partial charge in [-0.2, -0.15) is 5.10 Å². The molecule has 0 radical (unpaired) electrons. The Bertz CT molecular complexity index is 862. The number of nitrogens with zero attached hydrogens (tertiary/aromatic N) is 3. The Morgan fingerprint density at radius 3 is 2.79 bits per heavy atom. The molecule has 156 valence electrons. The van der Waals surface area contributed by atoms with Crippen LogP contribution in [0.2, 0.25) is 5.02 Å². The highest BCUT2D eigenvalue weighted by atomic mass is 35.5. The third-order valence-corrected chi connectivity index (χ3v) is 5.14. The zero-order chi connectivity index (χ0) is 20.8. The summed E-state index contributed by atoms with van der Waals surface area (Å²) < 4.78 is 11.8. The summed E-state index contributed by atoms with van der Waals surface area (Å²) in [5.41, 5.74) is 7.66. The van der Waals surface area contributed by atoms with Crippen molar-refractivity contribution in [3.05, 3.63) is 47.2 Å². The summed E-state index contributed by atoms with van der Waals surface area (Å²) in [6.07, 6.45) is 2.82. The van der Waals surface area contributed by atoms with Crippen LogP contribution in [0.1, 0.15) is 25.0 Å². The minimum Gasteiger partial charge on any atom is -0.455 e. The Hall–Kier alpha value is -1.93. The molecule has 1 fully saturated rings. The summed E-state index contributed by atoms with van der Waals surface area (Å²) in [5, 5.41) is 7.31. The van der Waals surface area contributed by atoms with Crippen molar-refractivity contribution in [1.29, 1.82) is 0 Å². The molecule has 1 aliphatic heterocycles. The first-order chi connectivity index (χ1) is 13.9. The van der Waals surface area contributed by atoms with E-state index in [9.17, 15) is 0 Å². The summed E-state index contributed by atoms with van der Waals surface area (Å²) in [6, 6.07) is 11.4. The molecular weight excluding hydrogens is 408 g/mol. The van der Waals surface area contributed by atoms with Crippen molar-refractivity contribution in [3.8, 4) is 11.3 Å². The molecule has 29 heavy (non-hydrogen) atoms. The maximum atomic E-state index is 6.12. The van der Waals surface area contributed by atoms with Crippen LogP contribution in [0.5, 0.6) is 0 Å². The van der Waals surface area contributed by atoms with Crippen LogP contribution >= 0.6 is 23.8 Å². The molecule has 1 unspecified atom stereocenters. The topological polar surface area (TPSA) is 67.2 Å². The van der Waals surface area contributed by atoms with Crippen molar-refractivity contribution in [2.24, 2.45) is 10.8 Å². The van der Waals surface area contributed by atoms with Crippen LogP contribution < -0.4 is 5.73 Å². The minimum atomic E-state index is 0.0916. The molecule has 1 atom stereocenters. The van der Waals surface area contributed by atoms with E-state index in [2.05, 4.69) is 4.90 Å². The lowest BCUT2D eigenvalue weighted by Crippen LogP contribution is -2.38. The molecule has 3 rings (SSSR count). The maximum absolute atomic E-state index is 6.12. The van der Waals surface area contributed by atoms with Crippen LogP contribution in [0.4, 0.5) is 0 Å². The average Bonchev–Trinajstić information content (AvgIpc) is 3.36. The van der Waals surface area contributed by atoms with E-state index in [1.54, 1.807) is 5.01 Å². The van der Waals surface area contributed by atoms with Crippen LogP contribution in [0.3, 0.4) is 0 Å². The van der Waals surface area contributed by atoms with Gasteiger partial charge in [-0.15, -0.1) is 0 Å². The highest BCUT2D eigenvalue weighted by Gasteiger charge is 2.21. The maximum Gasteiger partial charge on any atom is 0.187 e. The van der Waals surface area contributed by atoms with Crippen molar-refractivity contribution < 1.29 is 9.15 Å². The SMILES string of the molecule is CN(C)CC/C(=N\N(CC1CCCO1)C(N)=S)c1ccc(-c2cccc(Cl)c2)o1. The highest BCUT2D eigenvalue weighted by Crippen LogP contribution is 2.26. The van der Waals surface area contributed by atoms with Gasteiger partial charge >= 0.3 is 0 Å². The van der Waals surface area contributed by atoms with E-state index in [0.717, 1.165) is 43.0 Å². The van der Waals surface area contributed by atoms with Crippen molar-refractivity contribution in [2.75, 3.05) is 33.8 Å². The second-order valence-corrected chi connectivity index (χ2v) is 8.18. The third-order valence-electron chi connectivity index (χ3n) is 4.69. The summed E-state index contributed by atoms with van der Waals surface area (Å²) in [4.78, 5) is 2.10. The van der Waals surface area contributed by atoms with Gasteiger partial charge in [0.15, 0.2) is 10.9 Å². The number of ether oxygens (including phenoxy) is 1. The molecular formula is C21H27ClN4O2S. The molecule has 6 nitrogen and oxygen atoms in total. The lowest BCUT2D eigenvalue weighted by molar-refractivity contribution is 0.0922. The van der Waals surface area contributed by atoms with Crippen LogP contribution in [-0.4, -0.2) is 60.6 Å². The van der Waals surface area contributed by atoms with Crippen LogP contribution in [-0.2, 0) is 4.74 Å². The fourth-order valence-electron chi connectivity index (χ4n) is 3.15. The van der Waals surface area contributed by atoms with Gasteiger partial charge in [-0.25, -0.2) is 5.01 Å². The van der Waals surface area contributed by atoms with E-state index in [0.29, 0.717) is 23.7 Å². The lowest BCUT2D eigenvalue weighted by atomic mass is 10.2. The van der Waals surface area contributed by atoms with E-state index >= 15 is 0 Å². The standard InChI is InChI=1S/C21H27ClN4O2S/c1-25(2)11-10-18(24-26(21(23)29)14-17-7-4-12-27-17)20-9-8-19(28-20)15-5-3-6-16(22)13-15/h3,5-6,8-9,13,17H,4,7,10-12,14H2,1-2H3,(H2,23,29)/b24-18+. The molecule has 1 saturated heterocycles. The second-order valence-electron chi connectivity index (χ2n) is 7.33. The normalized spacial score (nSPS) is 17.1. The van der Waals surface area contributed by atoms with Crippen LogP contribution in [0.15, 0.2) is 45.9 Å². The van der Waals surface area contributed by atoms with Gasteiger partial charge < -0.3 is 19.8 Å². The molecule has 0 amide bonds. The zero-order valence-electron chi connectivity index (χ0n) is 16.8. The van der Waals surface area contributed by atoms with E-state index in [1.165, 1.54) is 0 Å². The summed E-state index contributed by atoms with van der Waals surface area (Å²) >= 11 is 11.4. The largest absolute Gasteiger partial charge is 0.455 e. The first-order valence-corrected chi connectivity index (χ1v) is 10.5. The third kappa shape index (κ3) is 6.27. The summed E-state index contributed by atoms with van der Waals surface area (Å²) in [7, 11) is 4.05. The van der Waals surface area contributed by atoms with Crippen molar-refractivity contribution in [2.45, 2.75) is 25.4 Å². The van der Waals surface area contributed by atoms with E-state index in [4.69, 9.17) is 43.8 Å². The van der Waals surface area contributed by atoms with Crippen LogP contribution in [0.25, 0.3) is 11.3 Å².